The smallest absolute Gasteiger partial charge is 0.232 e. The van der Waals surface area contributed by atoms with Gasteiger partial charge in [0.05, 0.1) is 11.9 Å². The van der Waals surface area contributed by atoms with Crippen LogP contribution in [0.2, 0.25) is 5.02 Å². The Morgan fingerprint density at radius 2 is 1.72 bits per heavy atom. The van der Waals surface area contributed by atoms with Crippen molar-refractivity contribution in [1.82, 2.24) is 0 Å². The fourth-order valence-electron chi connectivity index (χ4n) is 2.23. The molecule has 2 aromatic carbocycles. The standard InChI is InChI=1S/C17H18ClIN2O3S/c1-25(23,24)21(16-10-4-13(18)5-11-16)12-2-3-17(22)20-15-8-6-14(19)7-9-15/h4-11H,2-3,12H2,1H3,(H,20,22). The molecule has 25 heavy (non-hydrogen) atoms. The molecular weight excluding hydrogens is 475 g/mol. The Bertz CT molecular complexity index is 824. The van der Waals surface area contributed by atoms with E-state index in [1.165, 1.54) is 4.31 Å². The minimum atomic E-state index is -3.43. The van der Waals surface area contributed by atoms with E-state index in [2.05, 4.69) is 27.9 Å². The molecule has 1 amide bonds. The van der Waals surface area contributed by atoms with Crippen molar-refractivity contribution in [2.45, 2.75) is 12.8 Å². The van der Waals surface area contributed by atoms with E-state index in [4.69, 9.17) is 11.6 Å². The van der Waals surface area contributed by atoms with Gasteiger partial charge in [0.15, 0.2) is 0 Å². The lowest BCUT2D eigenvalue weighted by molar-refractivity contribution is -0.116. The van der Waals surface area contributed by atoms with E-state index in [0.717, 1.165) is 15.5 Å². The predicted molar refractivity (Wildman–Crippen MR) is 111 cm³/mol. The third kappa shape index (κ3) is 6.48. The van der Waals surface area contributed by atoms with Crippen molar-refractivity contribution in [2.24, 2.45) is 0 Å². The molecule has 134 valence electrons. The first-order valence-corrected chi connectivity index (χ1v) is 10.8. The first-order valence-electron chi connectivity index (χ1n) is 7.54. The van der Waals surface area contributed by atoms with Gasteiger partial charge in [-0.2, -0.15) is 0 Å². The summed E-state index contributed by atoms with van der Waals surface area (Å²) in [6.45, 7) is 0.223. The summed E-state index contributed by atoms with van der Waals surface area (Å²) in [6.07, 6.45) is 1.78. The van der Waals surface area contributed by atoms with Gasteiger partial charge >= 0.3 is 0 Å². The summed E-state index contributed by atoms with van der Waals surface area (Å²) in [7, 11) is -3.43. The van der Waals surface area contributed by atoms with Gasteiger partial charge < -0.3 is 5.32 Å². The number of nitrogens with one attached hydrogen (secondary N) is 1. The number of sulfonamides is 1. The van der Waals surface area contributed by atoms with Gasteiger partial charge in [-0.05, 0) is 77.5 Å². The number of halogens is 2. The number of hydrogen-bond donors (Lipinski definition) is 1. The molecule has 0 atom stereocenters. The number of benzene rings is 2. The Kier molecular flexibility index (Phi) is 7.09. The Hall–Kier alpha value is -1.32. The van der Waals surface area contributed by atoms with Crippen LogP contribution in [-0.2, 0) is 14.8 Å². The molecule has 0 aliphatic heterocycles. The maximum atomic E-state index is 12.0. The van der Waals surface area contributed by atoms with Crippen LogP contribution >= 0.6 is 34.2 Å². The molecule has 0 aromatic heterocycles. The van der Waals surface area contributed by atoms with Gasteiger partial charge in [0.1, 0.15) is 0 Å². The van der Waals surface area contributed by atoms with E-state index in [0.29, 0.717) is 17.1 Å². The number of rotatable bonds is 7. The number of anilines is 2. The number of amides is 1. The first-order chi connectivity index (χ1) is 11.8. The fourth-order valence-corrected chi connectivity index (χ4v) is 3.68. The molecule has 2 aromatic rings. The summed E-state index contributed by atoms with van der Waals surface area (Å²) >= 11 is 8.03. The molecule has 2 rings (SSSR count). The second-order valence-corrected chi connectivity index (χ2v) is 9.06. The quantitative estimate of drug-likeness (QED) is 0.591. The molecular formula is C17H18ClIN2O3S. The summed E-state index contributed by atoms with van der Waals surface area (Å²) in [5.74, 6) is -0.147. The van der Waals surface area contributed by atoms with Crippen LogP contribution in [-0.4, -0.2) is 27.1 Å². The number of hydrogen-bond acceptors (Lipinski definition) is 3. The third-order valence-corrected chi connectivity index (χ3v) is 5.57. The molecule has 5 nitrogen and oxygen atoms in total. The van der Waals surface area contributed by atoms with Gasteiger partial charge in [-0.25, -0.2) is 8.42 Å². The molecule has 1 N–H and O–H groups in total. The van der Waals surface area contributed by atoms with E-state index < -0.39 is 10.0 Å². The first kappa shape index (κ1) is 20.0. The van der Waals surface area contributed by atoms with Gasteiger partial charge in [0, 0.05) is 27.2 Å². The molecule has 0 bridgehead atoms. The second-order valence-electron chi connectivity index (χ2n) is 5.47. The molecule has 0 aliphatic rings. The molecule has 0 saturated carbocycles. The van der Waals surface area contributed by atoms with Crippen LogP contribution in [0.25, 0.3) is 0 Å². The molecule has 0 unspecified atom stereocenters. The van der Waals surface area contributed by atoms with E-state index >= 15 is 0 Å². The van der Waals surface area contributed by atoms with Crippen molar-refractivity contribution in [3.63, 3.8) is 0 Å². The highest BCUT2D eigenvalue weighted by atomic mass is 127. The van der Waals surface area contributed by atoms with Crippen molar-refractivity contribution in [3.05, 3.63) is 57.1 Å². The van der Waals surface area contributed by atoms with Crippen LogP contribution < -0.4 is 9.62 Å². The summed E-state index contributed by atoms with van der Waals surface area (Å²) in [4.78, 5) is 12.0. The molecule has 0 spiro atoms. The molecule has 0 saturated heterocycles. The zero-order chi connectivity index (χ0) is 18.4. The van der Waals surface area contributed by atoms with Crippen molar-refractivity contribution in [3.8, 4) is 0 Å². The monoisotopic (exact) mass is 492 g/mol. The number of nitrogens with zero attached hydrogens (tertiary/aromatic N) is 1. The molecule has 8 heteroatoms. The fraction of sp³-hybridized carbons (Fsp3) is 0.235. The highest BCUT2D eigenvalue weighted by molar-refractivity contribution is 14.1. The predicted octanol–water partition coefficient (Wildman–Crippen LogP) is 4.13. The zero-order valence-corrected chi connectivity index (χ0v) is 17.3. The molecule has 0 heterocycles. The Balaban J connectivity index is 1.93. The van der Waals surface area contributed by atoms with E-state index in [1.54, 1.807) is 24.3 Å². The summed E-state index contributed by atoms with van der Waals surface area (Å²) in [5.41, 5.74) is 1.26. The Labute approximate surface area is 166 Å². The molecule has 0 fully saturated rings. The molecule has 0 aliphatic carbocycles. The maximum absolute atomic E-state index is 12.0. The summed E-state index contributed by atoms with van der Waals surface area (Å²) in [5, 5.41) is 3.34. The van der Waals surface area contributed by atoms with Crippen molar-refractivity contribution in [1.29, 1.82) is 0 Å². The minimum Gasteiger partial charge on any atom is -0.326 e. The van der Waals surface area contributed by atoms with Gasteiger partial charge in [-0.3, -0.25) is 9.10 Å². The number of carbonyl (C=O) groups excluding carboxylic acids is 1. The lowest BCUT2D eigenvalue weighted by Crippen LogP contribution is -2.31. The van der Waals surface area contributed by atoms with Crippen LogP contribution in [0.3, 0.4) is 0 Å². The van der Waals surface area contributed by atoms with E-state index in [1.807, 2.05) is 24.3 Å². The minimum absolute atomic E-state index is 0.147. The van der Waals surface area contributed by atoms with Crippen LogP contribution in [0.15, 0.2) is 48.5 Å². The van der Waals surface area contributed by atoms with Crippen LogP contribution in [0.5, 0.6) is 0 Å². The van der Waals surface area contributed by atoms with Crippen molar-refractivity contribution < 1.29 is 13.2 Å². The highest BCUT2D eigenvalue weighted by Gasteiger charge is 2.17. The van der Waals surface area contributed by atoms with Gasteiger partial charge in [0.25, 0.3) is 0 Å². The van der Waals surface area contributed by atoms with Crippen LogP contribution in [0.1, 0.15) is 12.8 Å². The zero-order valence-electron chi connectivity index (χ0n) is 13.6. The lowest BCUT2D eigenvalue weighted by atomic mass is 10.2. The highest BCUT2D eigenvalue weighted by Crippen LogP contribution is 2.21. The van der Waals surface area contributed by atoms with Crippen molar-refractivity contribution >= 4 is 61.5 Å². The van der Waals surface area contributed by atoms with Gasteiger partial charge in [-0.1, -0.05) is 11.6 Å². The largest absolute Gasteiger partial charge is 0.326 e. The molecule has 0 radical (unpaired) electrons. The van der Waals surface area contributed by atoms with Crippen LogP contribution in [0.4, 0.5) is 11.4 Å². The topological polar surface area (TPSA) is 66.5 Å². The Morgan fingerprint density at radius 1 is 1.12 bits per heavy atom. The van der Waals surface area contributed by atoms with Gasteiger partial charge in [-0.15, -0.1) is 0 Å². The average molecular weight is 493 g/mol. The van der Waals surface area contributed by atoms with Crippen LogP contribution in [0, 0.1) is 3.57 Å². The third-order valence-electron chi connectivity index (χ3n) is 3.41. The summed E-state index contributed by atoms with van der Waals surface area (Å²) in [6, 6.07) is 14.0. The second kappa shape index (κ2) is 8.86. The van der Waals surface area contributed by atoms with E-state index in [9.17, 15) is 13.2 Å². The normalized spacial score (nSPS) is 11.2. The van der Waals surface area contributed by atoms with Gasteiger partial charge in [0.2, 0.25) is 15.9 Å². The Morgan fingerprint density at radius 3 is 2.28 bits per heavy atom. The maximum Gasteiger partial charge on any atom is 0.232 e. The number of carbonyl (C=O) groups is 1. The SMILES string of the molecule is CS(=O)(=O)N(CCCC(=O)Nc1ccc(I)cc1)c1ccc(Cl)cc1. The summed E-state index contributed by atoms with van der Waals surface area (Å²) < 4.78 is 26.4. The average Bonchev–Trinajstić information content (AvgIpc) is 2.54. The lowest BCUT2D eigenvalue weighted by Gasteiger charge is -2.22. The van der Waals surface area contributed by atoms with E-state index in [-0.39, 0.29) is 18.9 Å². The van der Waals surface area contributed by atoms with Crippen molar-refractivity contribution in [2.75, 3.05) is 22.4 Å².